The molecule has 4 heteroatoms. The summed E-state index contributed by atoms with van der Waals surface area (Å²) in [6.07, 6.45) is 1.59. The lowest BCUT2D eigenvalue weighted by atomic mass is 10.0. The van der Waals surface area contributed by atoms with Gasteiger partial charge in [0.05, 0.1) is 5.60 Å². The first-order valence-corrected chi connectivity index (χ1v) is 6.33. The summed E-state index contributed by atoms with van der Waals surface area (Å²) >= 11 is 1.66. The van der Waals surface area contributed by atoms with Crippen molar-refractivity contribution >= 4 is 11.8 Å². The third-order valence-corrected chi connectivity index (χ3v) is 3.48. The van der Waals surface area contributed by atoms with Crippen LogP contribution in [-0.2, 0) is 0 Å². The lowest BCUT2D eigenvalue weighted by Crippen LogP contribution is -2.34. The Morgan fingerprint density at radius 3 is 2.56 bits per heavy atom. The van der Waals surface area contributed by atoms with Crippen molar-refractivity contribution < 1.29 is 9.50 Å². The van der Waals surface area contributed by atoms with Gasteiger partial charge >= 0.3 is 0 Å². The number of aliphatic hydroxyl groups is 1. The molecule has 1 rings (SSSR count). The molecular formula is C12H18FNOS. The Balaban J connectivity index is 2.23. The highest BCUT2D eigenvalue weighted by Crippen LogP contribution is 2.21. The molecule has 0 heterocycles. The minimum absolute atomic E-state index is 0.213. The van der Waals surface area contributed by atoms with Gasteiger partial charge < -0.3 is 10.8 Å². The van der Waals surface area contributed by atoms with Crippen molar-refractivity contribution in [2.24, 2.45) is 5.73 Å². The number of halogens is 1. The van der Waals surface area contributed by atoms with Gasteiger partial charge in [-0.1, -0.05) is 0 Å². The Kier molecular flexibility index (Phi) is 5.25. The molecule has 0 radical (unpaired) electrons. The average Bonchev–Trinajstić information content (AvgIpc) is 2.27. The van der Waals surface area contributed by atoms with E-state index in [1.165, 1.54) is 12.1 Å². The number of thioether (sulfide) groups is 1. The van der Waals surface area contributed by atoms with E-state index >= 15 is 0 Å². The Labute approximate surface area is 100 Å². The highest BCUT2D eigenvalue weighted by molar-refractivity contribution is 7.99. The lowest BCUT2D eigenvalue weighted by Gasteiger charge is -2.20. The molecular weight excluding hydrogens is 225 g/mol. The first-order chi connectivity index (χ1) is 7.53. The molecule has 0 fully saturated rings. The van der Waals surface area contributed by atoms with Crippen LogP contribution in [0.25, 0.3) is 0 Å². The lowest BCUT2D eigenvalue weighted by molar-refractivity contribution is 0.0596. The van der Waals surface area contributed by atoms with Gasteiger partial charge in [-0.05, 0) is 49.8 Å². The minimum atomic E-state index is -0.761. The van der Waals surface area contributed by atoms with Gasteiger partial charge in [0, 0.05) is 11.4 Å². The van der Waals surface area contributed by atoms with Crippen molar-refractivity contribution in [2.75, 3.05) is 12.3 Å². The van der Waals surface area contributed by atoms with Gasteiger partial charge in [-0.3, -0.25) is 0 Å². The zero-order valence-electron chi connectivity index (χ0n) is 9.45. The van der Waals surface area contributed by atoms with Crippen molar-refractivity contribution in [2.45, 2.75) is 30.3 Å². The summed E-state index contributed by atoms with van der Waals surface area (Å²) in [7, 11) is 0. The normalized spacial score (nSPS) is 14.8. The molecule has 3 N–H and O–H groups in total. The molecule has 90 valence electrons. The van der Waals surface area contributed by atoms with Crippen molar-refractivity contribution in [3.05, 3.63) is 30.1 Å². The van der Waals surface area contributed by atoms with Crippen LogP contribution in [0.2, 0.25) is 0 Å². The summed E-state index contributed by atoms with van der Waals surface area (Å²) in [4.78, 5) is 1.05. The molecule has 1 atom stereocenters. The van der Waals surface area contributed by atoms with E-state index in [1.807, 2.05) is 0 Å². The molecule has 2 nitrogen and oxygen atoms in total. The predicted molar refractivity (Wildman–Crippen MR) is 66.0 cm³/mol. The van der Waals surface area contributed by atoms with Crippen LogP contribution in [0.4, 0.5) is 4.39 Å². The quantitative estimate of drug-likeness (QED) is 0.596. The van der Waals surface area contributed by atoms with E-state index in [9.17, 15) is 9.50 Å². The maximum absolute atomic E-state index is 12.6. The maximum Gasteiger partial charge on any atom is 0.123 e. The fourth-order valence-corrected chi connectivity index (χ4v) is 2.13. The zero-order chi connectivity index (χ0) is 12.0. The van der Waals surface area contributed by atoms with E-state index in [0.29, 0.717) is 6.42 Å². The first kappa shape index (κ1) is 13.5. The molecule has 16 heavy (non-hydrogen) atoms. The van der Waals surface area contributed by atoms with Gasteiger partial charge in [0.15, 0.2) is 0 Å². The van der Waals surface area contributed by atoms with E-state index in [4.69, 9.17) is 5.73 Å². The van der Waals surface area contributed by atoms with Gasteiger partial charge in [0.2, 0.25) is 0 Å². The molecule has 0 saturated carbocycles. The standard InChI is InChI=1S/C12H18FNOS/c1-12(15,9-14)7-2-8-16-11-5-3-10(13)4-6-11/h3-6,15H,2,7-9,14H2,1H3. The first-order valence-electron chi connectivity index (χ1n) is 5.34. The summed E-state index contributed by atoms with van der Waals surface area (Å²) in [5.74, 6) is 0.692. The second-order valence-corrected chi connectivity index (χ2v) is 5.28. The molecule has 0 spiro atoms. The summed E-state index contributed by atoms with van der Waals surface area (Å²) in [5.41, 5.74) is 4.66. The summed E-state index contributed by atoms with van der Waals surface area (Å²) in [5, 5.41) is 9.67. The molecule has 0 aliphatic rings. The van der Waals surface area contributed by atoms with Gasteiger partial charge in [-0.2, -0.15) is 0 Å². The Hall–Kier alpha value is -0.580. The highest BCUT2D eigenvalue weighted by Gasteiger charge is 2.16. The summed E-state index contributed by atoms with van der Waals surface area (Å²) in [6, 6.07) is 6.44. The second kappa shape index (κ2) is 6.23. The fourth-order valence-electron chi connectivity index (χ4n) is 1.28. The second-order valence-electron chi connectivity index (χ2n) is 4.11. The SMILES string of the molecule is CC(O)(CN)CCCSc1ccc(F)cc1. The molecule has 1 aromatic rings. The minimum Gasteiger partial charge on any atom is -0.389 e. The molecule has 0 saturated heterocycles. The third kappa shape index (κ3) is 4.96. The van der Waals surface area contributed by atoms with E-state index < -0.39 is 5.60 Å². The van der Waals surface area contributed by atoms with Crippen molar-refractivity contribution in [1.82, 2.24) is 0 Å². The number of hydrogen-bond acceptors (Lipinski definition) is 3. The molecule has 0 aliphatic carbocycles. The zero-order valence-corrected chi connectivity index (χ0v) is 10.3. The van der Waals surface area contributed by atoms with Crippen molar-refractivity contribution in [3.63, 3.8) is 0 Å². The van der Waals surface area contributed by atoms with Crippen LogP contribution in [0, 0.1) is 5.82 Å². The Bertz CT molecular complexity index is 313. The number of nitrogens with two attached hydrogens (primary N) is 1. The summed E-state index contributed by atoms with van der Waals surface area (Å²) in [6.45, 7) is 2.03. The number of hydrogen-bond donors (Lipinski definition) is 2. The van der Waals surface area contributed by atoms with Gasteiger partial charge in [-0.15, -0.1) is 11.8 Å². The summed E-state index contributed by atoms with van der Waals surface area (Å²) < 4.78 is 12.6. The molecule has 1 aromatic carbocycles. The van der Waals surface area contributed by atoms with Crippen LogP contribution in [0.3, 0.4) is 0 Å². The molecule has 0 bridgehead atoms. The average molecular weight is 243 g/mol. The highest BCUT2D eigenvalue weighted by atomic mass is 32.2. The molecule has 0 amide bonds. The smallest absolute Gasteiger partial charge is 0.123 e. The Morgan fingerprint density at radius 2 is 2.00 bits per heavy atom. The maximum atomic E-state index is 12.6. The van der Waals surface area contributed by atoms with Crippen LogP contribution in [-0.4, -0.2) is 23.0 Å². The third-order valence-electron chi connectivity index (χ3n) is 2.38. The predicted octanol–water partition coefficient (Wildman–Crippen LogP) is 2.41. The van der Waals surface area contributed by atoms with E-state index in [2.05, 4.69) is 0 Å². The fraction of sp³-hybridized carbons (Fsp3) is 0.500. The van der Waals surface area contributed by atoms with Crippen LogP contribution in [0.5, 0.6) is 0 Å². The Morgan fingerprint density at radius 1 is 1.38 bits per heavy atom. The van der Waals surface area contributed by atoms with E-state index in [1.54, 1.807) is 30.8 Å². The van der Waals surface area contributed by atoms with Gasteiger partial charge in [-0.25, -0.2) is 4.39 Å². The van der Waals surface area contributed by atoms with Crippen LogP contribution >= 0.6 is 11.8 Å². The van der Waals surface area contributed by atoms with Crippen LogP contribution in [0.1, 0.15) is 19.8 Å². The van der Waals surface area contributed by atoms with Gasteiger partial charge in [0.25, 0.3) is 0 Å². The van der Waals surface area contributed by atoms with Crippen LogP contribution < -0.4 is 5.73 Å². The molecule has 1 unspecified atom stereocenters. The van der Waals surface area contributed by atoms with Crippen molar-refractivity contribution in [3.8, 4) is 0 Å². The molecule has 0 aliphatic heterocycles. The largest absolute Gasteiger partial charge is 0.389 e. The molecule has 0 aromatic heterocycles. The van der Waals surface area contributed by atoms with Gasteiger partial charge in [0.1, 0.15) is 5.82 Å². The van der Waals surface area contributed by atoms with Crippen LogP contribution in [0.15, 0.2) is 29.2 Å². The monoisotopic (exact) mass is 243 g/mol. The number of rotatable bonds is 6. The van der Waals surface area contributed by atoms with Crippen molar-refractivity contribution in [1.29, 1.82) is 0 Å². The number of benzene rings is 1. The van der Waals surface area contributed by atoms with E-state index in [-0.39, 0.29) is 12.4 Å². The van der Waals surface area contributed by atoms with E-state index in [0.717, 1.165) is 17.1 Å². The topological polar surface area (TPSA) is 46.2 Å².